The Morgan fingerprint density at radius 3 is 2.76 bits per heavy atom. The highest BCUT2D eigenvalue weighted by molar-refractivity contribution is 5.91. The highest BCUT2D eigenvalue weighted by Crippen LogP contribution is 2.10. The third-order valence-electron chi connectivity index (χ3n) is 2.45. The smallest absolute Gasteiger partial charge is 0.289 e. The molecule has 5 heteroatoms. The number of hydrogen-bond donors (Lipinski definition) is 1. The Morgan fingerprint density at radius 2 is 2.24 bits per heavy atom. The lowest BCUT2D eigenvalue weighted by molar-refractivity contribution is 0.0638. The van der Waals surface area contributed by atoms with Gasteiger partial charge in [0.1, 0.15) is 5.76 Å². The van der Waals surface area contributed by atoms with E-state index in [2.05, 4.69) is 0 Å². The van der Waals surface area contributed by atoms with Crippen LogP contribution in [0.2, 0.25) is 0 Å². The molecule has 1 heterocycles. The monoisotopic (exact) mass is 240 g/mol. The Labute approximate surface area is 102 Å². The van der Waals surface area contributed by atoms with Gasteiger partial charge in [-0.05, 0) is 26.0 Å². The molecule has 5 nitrogen and oxygen atoms in total. The van der Waals surface area contributed by atoms with Gasteiger partial charge in [-0.2, -0.15) is 0 Å². The van der Waals surface area contributed by atoms with E-state index in [-0.39, 0.29) is 5.91 Å². The minimum atomic E-state index is -0.119. The van der Waals surface area contributed by atoms with Gasteiger partial charge in [-0.25, -0.2) is 0 Å². The number of nitrogens with two attached hydrogens (primary N) is 1. The van der Waals surface area contributed by atoms with Crippen molar-refractivity contribution in [3.8, 4) is 0 Å². The predicted octanol–water partition coefficient (Wildman–Crippen LogP) is 1.24. The van der Waals surface area contributed by atoms with Crippen molar-refractivity contribution in [2.45, 2.75) is 20.4 Å². The van der Waals surface area contributed by atoms with Crippen molar-refractivity contribution in [1.82, 2.24) is 4.90 Å². The first-order chi connectivity index (χ1) is 8.22. The van der Waals surface area contributed by atoms with Crippen molar-refractivity contribution in [3.63, 3.8) is 0 Å². The van der Waals surface area contributed by atoms with Gasteiger partial charge < -0.3 is 19.8 Å². The first kappa shape index (κ1) is 13.7. The van der Waals surface area contributed by atoms with Crippen molar-refractivity contribution >= 4 is 5.91 Å². The number of hydrogen-bond acceptors (Lipinski definition) is 4. The lowest BCUT2D eigenvalue weighted by atomic mass is 10.3. The van der Waals surface area contributed by atoms with Crippen LogP contribution < -0.4 is 5.73 Å². The van der Waals surface area contributed by atoms with Gasteiger partial charge in [0.05, 0.1) is 13.2 Å². The Balaban J connectivity index is 2.58. The van der Waals surface area contributed by atoms with Crippen LogP contribution in [0.1, 0.15) is 30.2 Å². The van der Waals surface area contributed by atoms with Crippen LogP contribution in [-0.2, 0) is 11.3 Å². The van der Waals surface area contributed by atoms with Crippen molar-refractivity contribution < 1.29 is 13.9 Å². The number of ether oxygens (including phenoxy) is 1. The lowest BCUT2D eigenvalue weighted by Gasteiger charge is -2.19. The van der Waals surface area contributed by atoms with E-state index in [1.54, 1.807) is 17.0 Å². The first-order valence-electron chi connectivity index (χ1n) is 5.88. The zero-order chi connectivity index (χ0) is 12.7. The van der Waals surface area contributed by atoms with Gasteiger partial charge in [0.25, 0.3) is 5.91 Å². The molecule has 0 bridgehead atoms. The van der Waals surface area contributed by atoms with Crippen LogP contribution in [0.5, 0.6) is 0 Å². The van der Waals surface area contributed by atoms with Crippen molar-refractivity contribution in [2.75, 3.05) is 26.3 Å². The molecular formula is C12H20N2O3. The second-order valence-electron chi connectivity index (χ2n) is 3.55. The standard InChI is InChI=1S/C12H20N2O3/c1-3-14(7-8-16-4-2)12(15)11-6-5-10(9-13)17-11/h5-6H,3-4,7-9,13H2,1-2H3. The quantitative estimate of drug-likeness (QED) is 0.728. The molecule has 0 unspecified atom stereocenters. The SMILES string of the molecule is CCOCCN(CC)C(=O)c1ccc(CN)o1. The molecule has 0 fully saturated rings. The Hall–Kier alpha value is -1.33. The van der Waals surface area contributed by atoms with Crippen molar-refractivity contribution in [3.05, 3.63) is 23.7 Å². The average molecular weight is 240 g/mol. The minimum absolute atomic E-state index is 0.119. The van der Waals surface area contributed by atoms with E-state index in [9.17, 15) is 4.79 Å². The van der Waals surface area contributed by atoms with Crippen LogP contribution in [0, 0.1) is 0 Å². The molecular weight excluding hydrogens is 220 g/mol. The Morgan fingerprint density at radius 1 is 1.47 bits per heavy atom. The number of rotatable bonds is 7. The van der Waals surface area contributed by atoms with Crippen LogP contribution in [0.15, 0.2) is 16.5 Å². The minimum Gasteiger partial charge on any atom is -0.455 e. The molecule has 0 aliphatic rings. The summed E-state index contributed by atoms with van der Waals surface area (Å²) in [5.41, 5.74) is 5.43. The van der Waals surface area contributed by atoms with Gasteiger partial charge in [-0.15, -0.1) is 0 Å². The Kier molecular flexibility index (Phi) is 5.72. The number of carbonyl (C=O) groups excluding carboxylic acids is 1. The summed E-state index contributed by atoms with van der Waals surface area (Å²) in [6, 6.07) is 3.39. The number of amides is 1. The van der Waals surface area contributed by atoms with Gasteiger partial charge in [-0.3, -0.25) is 4.79 Å². The molecule has 1 rings (SSSR count). The van der Waals surface area contributed by atoms with E-state index >= 15 is 0 Å². The van der Waals surface area contributed by atoms with Gasteiger partial charge in [0.2, 0.25) is 0 Å². The second-order valence-corrected chi connectivity index (χ2v) is 3.55. The summed E-state index contributed by atoms with van der Waals surface area (Å²) in [4.78, 5) is 13.7. The van der Waals surface area contributed by atoms with Crippen molar-refractivity contribution in [1.29, 1.82) is 0 Å². The molecule has 0 aliphatic carbocycles. The van der Waals surface area contributed by atoms with E-state index in [1.807, 2.05) is 13.8 Å². The molecule has 0 radical (unpaired) electrons. The number of furan rings is 1. The summed E-state index contributed by atoms with van der Waals surface area (Å²) in [5, 5.41) is 0. The Bertz CT molecular complexity index is 349. The third-order valence-corrected chi connectivity index (χ3v) is 2.45. The maximum atomic E-state index is 12.0. The van der Waals surface area contributed by atoms with Gasteiger partial charge in [-0.1, -0.05) is 0 Å². The molecule has 1 aromatic heterocycles. The number of carbonyl (C=O) groups is 1. The van der Waals surface area contributed by atoms with E-state index < -0.39 is 0 Å². The largest absolute Gasteiger partial charge is 0.455 e. The fraction of sp³-hybridized carbons (Fsp3) is 0.583. The first-order valence-corrected chi connectivity index (χ1v) is 5.88. The van der Waals surface area contributed by atoms with Gasteiger partial charge in [0, 0.05) is 19.7 Å². The summed E-state index contributed by atoms with van der Waals surface area (Å²) in [6.45, 7) is 6.56. The van der Waals surface area contributed by atoms with Gasteiger partial charge in [0.15, 0.2) is 5.76 Å². The molecule has 2 N–H and O–H groups in total. The highest BCUT2D eigenvalue weighted by Gasteiger charge is 2.17. The molecule has 1 aromatic rings. The summed E-state index contributed by atoms with van der Waals surface area (Å²) in [5.74, 6) is 0.838. The summed E-state index contributed by atoms with van der Waals surface area (Å²) in [6.07, 6.45) is 0. The van der Waals surface area contributed by atoms with Crippen LogP contribution in [0.4, 0.5) is 0 Å². The van der Waals surface area contributed by atoms with E-state index in [0.29, 0.717) is 44.4 Å². The average Bonchev–Trinajstić information content (AvgIpc) is 2.82. The molecule has 1 amide bonds. The fourth-order valence-corrected chi connectivity index (χ4v) is 1.48. The number of likely N-dealkylation sites (N-methyl/N-ethyl adjacent to an activating group) is 1. The molecule has 0 spiro atoms. The molecule has 0 saturated heterocycles. The topological polar surface area (TPSA) is 68.7 Å². The second kappa shape index (κ2) is 7.09. The van der Waals surface area contributed by atoms with E-state index in [4.69, 9.17) is 14.9 Å². The van der Waals surface area contributed by atoms with Crippen LogP contribution >= 0.6 is 0 Å². The third kappa shape index (κ3) is 3.87. The van der Waals surface area contributed by atoms with Crippen LogP contribution in [0.3, 0.4) is 0 Å². The van der Waals surface area contributed by atoms with E-state index in [0.717, 1.165) is 0 Å². The zero-order valence-electron chi connectivity index (χ0n) is 10.4. The molecule has 96 valence electrons. The summed E-state index contributed by atoms with van der Waals surface area (Å²) < 4.78 is 10.6. The maximum Gasteiger partial charge on any atom is 0.289 e. The number of nitrogens with zero attached hydrogens (tertiary/aromatic N) is 1. The summed E-state index contributed by atoms with van der Waals surface area (Å²) in [7, 11) is 0. The van der Waals surface area contributed by atoms with Crippen LogP contribution in [-0.4, -0.2) is 37.1 Å². The maximum absolute atomic E-state index is 12.0. The lowest BCUT2D eigenvalue weighted by Crippen LogP contribution is -2.33. The van der Waals surface area contributed by atoms with E-state index in [1.165, 1.54) is 0 Å². The van der Waals surface area contributed by atoms with Crippen LogP contribution in [0.25, 0.3) is 0 Å². The molecule has 0 aliphatic heterocycles. The normalized spacial score (nSPS) is 10.5. The predicted molar refractivity (Wildman–Crippen MR) is 64.7 cm³/mol. The highest BCUT2D eigenvalue weighted by atomic mass is 16.5. The molecule has 17 heavy (non-hydrogen) atoms. The molecule has 0 saturated carbocycles. The molecule has 0 atom stereocenters. The molecule has 0 aromatic carbocycles. The van der Waals surface area contributed by atoms with Crippen molar-refractivity contribution in [2.24, 2.45) is 5.73 Å². The van der Waals surface area contributed by atoms with Gasteiger partial charge >= 0.3 is 0 Å². The zero-order valence-corrected chi connectivity index (χ0v) is 10.4. The summed E-state index contributed by atoms with van der Waals surface area (Å²) >= 11 is 0. The fourth-order valence-electron chi connectivity index (χ4n) is 1.48.